The van der Waals surface area contributed by atoms with Gasteiger partial charge in [-0.3, -0.25) is 4.90 Å². The number of benzene rings is 1. The van der Waals surface area contributed by atoms with Crippen LogP contribution in [0, 0.1) is 6.92 Å². The minimum Gasteiger partial charge on any atom is -0.395 e. The Hall–Kier alpha value is -0.840. The van der Waals surface area contributed by atoms with E-state index in [9.17, 15) is 5.11 Å². The summed E-state index contributed by atoms with van der Waals surface area (Å²) < 4.78 is 1.12. The van der Waals surface area contributed by atoms with E-state index in [-0.39, 0.29) is 0 Å². The van der Waals surface area contributed by atoms with Crippen molar-refractivity contribution in [2.45, 2.75) is 32.2 Å². The number of para-hydroxylation sites is 1. The summed E-state index contributed by atoms with van der Waals surface area (Å²) in [6.07, 6.45) is 3.39. The van der Waals surface area contributed by atoms with Gasteiger partial charge in [0, 0.05) is 28.1 Å². The fourth-order valence-electron chi connectivity index (χ4n) is 3.34. The second-order valence-corrected chi connectivity index (χ2v) is 6.51. The van der Waals surface area contributed by atoms with Crippen LogP contribution in [0.3, 0.4) is 0 Å². The number of likely N-dealkylation sites (tertiary alicyclic amines) is 1. The fraction of sp³-hybridized carbons (Fsp3) is 0.500. The average Bonchev–Trinajstić information content (AvgIpc) is 3.01. The highest BCUT2D eigenvalue weighted by atomic mass is 79.9. The number of hydrogen-bond donors (Lipinski definition) is 2. The molecule has 0 radical (unpaired) electrons. The molecule has 2 heterocycles. The molecule has 4 heteroatoms. The number of aliphatic hydroxyl groups is 1. The Bertz CT molecular complexity index is 608. The molecule has 3 nitrogen and oxygen atoms in total. The summed E-state index contributed by atoms with van der Waals surface area (Å²) >= 11 is 3.61. The third-order valence-electron chi connectivity index (χ3n) is 4.46. The Morgan fingerprint density at radius 1 is 1.45 bits per heavy atom. The summed E-state index contributed by atoms with van der Waals surface area (Å²) in [4.78, 5) is 5.91. The van der Waals surface area contributed by atoms with Crippen molar-refractivity contribution in [3.8, 4) is 0 Å². The first-order valence-corrected chi connectivity index (χ1v) is 8.10. The number of nitrogens with one attached hydrogen (secondary N) is 1. The fourth-order valence-corrected chi connectivity index (χ4v) is 3.81. The second-order valence-electron chi connectivity index (χ2n) is 5.66. The van der Waals surface area contributed by atoms with E-state index in [0.717, 1.165) is 30.4 Å². The quantitative estimate of drug-likeness (QED) is 0.899. The van der Waals surface area contributed by atoms with Crippen LogP contribution in [0.15, 0.2) is 22.7 Å². The number of fused-ring (bicyclic) bond motifs is 1. The molecule has 1 aliphatic heterocycles. The molecule has 0 saturated carbocycles. The second kappa shape index (κ2) is 5.88. The molecule has 1 unspecified atom stereocenters. The average molecular weight is 337 g/mol. The molecule has 0 aliphatic carbocycles. The van der Waals surface area contributed by atoms with Gasteiger partial charge in [-0.25, -0.2) is 0 Å². The summed E-state index contributed by atoms with van der Waals surface area (Å²) in [7, 11) is 0. The van der Waals surface area contributed by atoms with Gasteiger partial charge in [-0.15, -0.1) is 0 Å². The lowest BCUT2D eigenvalue weighted by atomic mass is 10.1. The Balaban J connectivity index is 1.81. The lowest BCUT2D eigenvalue weighted by molar-refractivity contribution is 0.160. The van der Waals surface area contributed by atoms with Crippen LogP contribution in [0.2, 0.25) is 0 Å². The van der Waals surface area contributed by atoms with E-state index in [4.69, 9.17) is 0 Å². The molecular formula is C16H21BrN2O. The molecule has 1 aliphatic rings. The molecule has 2 N–H and O–H groups in total. The van der Waals surface area contributed by atoms with E-state index >= 15 is 0 Å². The minimum absolute atomic E-state index is 0.290. The monoisotopic (exact) mass is 336 g/mol. The van der Waals surface area contributed by atoms with E-state index in [1.54, 1.807) is 0 Å². The number of aryl methyl sites for hydroxylation is 1. The van der Waals surface area contributed by atoms with Gasteiger partial charge in [-0.05, 0) is 60.3 Å². The largest absolute Gasteiger partial charge is 0.395 e. The highest BCUT2D eigenvalue weighted by Crippen LogP contribution is 2.29. The lowest BCUT2D eigenvalue weighted by Crippen LogP contribution is -2.33. The highest BCUT2D eigenvalue weighted by molar-refractivity contribution is 9.10. The zero-order valence-corrected chi connectivity index (χ0v) is 13.4. The van der Waals surface area contributed by atoms with Crippen molar-refractivity contribution < 1.29 is 5.11 Å². The molecule has 1 aromatic heterocycles. The van der Waals surface area contributed by atoms with E-state index in [1.807, 2.05) is 0 Å². The van der Waals surface area contributed by atoms with Crippen LogP contribution in [-0.4, -0.2) is 40.7 Å². The van der Waals surface area contributed by atoms with Crippen molar-refractivity contribution in [1.29, 1.82) is 0 Å². The number of aromatic amines is 1. The molecule has 0 amide bonds. The van der Waals surface area contributed by atoms with E-state index in [0.29, 0.717) is 12.6 Å². The van der Waals surface area contributed by atoms with Gasteiger partial charge >= 0.3 is 0 Å². The third-order valence-corrected chi connectivity index (χ3v) is 5.12. The van der Waals surface area contributed by atoms with Crippen LogP contribution in [0.4, 0.5) is 0 Å². The topological polar surface area (TPSA) is 39.3 Å². The molecule has 20 heavy (non-hydrogen) atoms. The van der Waals surface area contributed by atoms with E-state index in [1.165, 1.54) is 28.6 Å². The van der Waals surface area contributed by atoms with Crippen LogP contribution < -0.4 is 0 Å². The van der Waals surface area contributed by atoms with E-state index in [2.05, 4.69) is 50.9 Å². The Kier molecular flexibility index (Phi) is 4.15. The third kappa shape index (κ3) is 2.52. The van der Waals surface area contributed by atoms with Gasteiger partial charge in [0.25, 0.3) is 0 Å². The smallest absolute Gasteiger partial charge is 0.0603 e. The zero-order valence-electron chi connectivity index (χ0n) is 11.8. The first-order chi connectivity index (χ1) is 9.70. The number of H-pyrrole nitrogens is 1. The van der Waals surface area contributed by atoms with Crippen molar-refractivity contribution >= 4 is 26.8 Å². The predicted molar refractivity (Wildman–Crippen MR) is 86.1 cm³/mol. The molecular weight excluding hydrogens is 316 g/mol. The van der Waals surface area contributed by atoms with Crippen LogP contribution in [0.1, 0.15) is 24.1 Å². The van der Waals surface area contributed by atoms with Crippen LogP contribution in [0.5, 0.6) is 0 Å². The summed E-state index contributed by atoms with van der Waals surface area (Å²) in [6, 6.07) is 6.72. The zero-order chi connectivity index (χ0) is 14.1. The molecule has 3 rings (SSSR count). The van der Waals surface area contributed by atoms with Gasteiger partial charge in [0.2, 0.25) is 0 Å². The molecule has 1 atom stereocenters. The van der Waals surface area contributed by atoms with Gasteiger partial charge in [0.05, 0.1) is 12.1 Å². The SMILES string of the molecule is Cc1[nH]c2c(Br)cccc2c1CCN1CCCC1CO. The summed E-state index contributed by atoms with van der Waals surface area (Å²) in [5.74, 6) is 0. The number of aromatic nitrogens is 1. The van der Waals surface area contributed by atoms with Crippen molar-refractivity contribution in [3.05, 3.63) is 33.9 Å². The number of rotatable bonds is 4. The maximum absolute atomic E-state index is 9.40. The van der Waals surface area contributed by atoms with Gasteiger partial charge in [-0.2, -0.15) is 0 Å². The van der Waals surface area contributed by atoms with Gasteiger partial charge < -0.3 is 10.1 Å². The summed E-state index contributed by atoms with van der Waals surface area (Å²) in [6.45, 7) is 4.59. The molecule has 1 saturated heterocycles. The Labute approximate surface area is 128 Å². The maximum atomic E-state index is 9.40. The number of aliphatic hydroxyl groups excluding tert-OH is 1. The predicted octanol–water partition coefficient (Wildman–Crippen LogP) is 3.24. The Morgan fingerprint density at radius 2 is 2.30 bits per heavy atom. The van der Waals surface area contributed by atoms with Crippen molar-refractivity contribution in [1.82, 2.24) is 9.88 Å². The standard InChI is InChI=1S/C16H21BrN2O/c1-11-13(7-9-19-8-3-4-12(19)10-20)14-5-2-6-15(17)16(14)18-11/h2,5-6,12,18,20H,3-4,7-10H2,1H3. The summed E-state index contributed by atoms with van der Waals surface area (Å²) in [5.41, 5.74) is 3.86. The van der Waals surface area contributed by atoms with Crippen molar-refractivity contribution in [2.24, 2.45) is 0 Å². The maximum Gasteiger partial charge on any atom is 0.0603 e. The molecule has 1 aromatic carbocycles. The first-order valence-electron chi connectivity index (χ1n) is 7.31. The van der Waals surface area contributed by atoms with Crippen LogP contribution >= 0.6 is 15.9 Å². The first kappa shape index (κ1) is 14.1. The van der Waals surface area contributed by atoms with Gasteiger partial charge in [0.1, 0.15) is 0 Å². The van der Waals surface area contributed by atoms with Crippen molar-refractivity contribution in [3.63, 3.8) is 0 Å². The molecule has 0 spiro atoms. The van der Waals surface area contributed by atoms with Gasteiger partial charge in [0.15, 0.2) is 0 Å². The number of halogens is 1. The van der Waals surface area contributed by atoms with E-state index < -0.39 is 0 Å². The highest BCUT2D eigenvalue weighted by Gasteiger charge is 2.23. The molecule has 1 fully saturated rings. The molecule has 2 aromatic rings. The lowest BCUT2D eigenvalue weighted by Gasteiger charge is -2.22. The molecule has 108 valence electrons. The number of hydrogen-bond acceptors (Lipinski definition) is 2. The molecule has 0 bridgehead atoms. The minimum atomic E-state index is 0.290. The van der Waals surface area contributed by atoms with Gasteiger partial charge in [-0.1, -0.05) is 12.1 Å². The van der Waals surface area contributed by atoms with Crippen LogP contribution in [0.25, 0.3) is 10.9 Å². The van der Waals surface area contributed by atoms with Crippen molar-refractivity contribution in [2.75, 3.05) is 19.7 Å². The Morgan fingerprint density at radius 3 is 3.10 bits per heavy atom. The summed E-state index contributed by atoms with van der Waals surface area (Å²) in [5, 5.41) is 10.7. The number of nitrogens with zero attached hydrogens (tertiary/aromatic N) is 1. The van der Waals surface area contributed by atoms with Crippen LogP contribution in [-0.2, 0) is 6.42 Å². The normalized spacial score (nSPS) is 20.1.